The summed E-state index contributed by atoms with van der Waals surface area (Å²) in [6.45, 7) is 3.75. The third kappa shape index (κ3) is 4.57. The van der Waals surface area contributed by atoms with Crippen molar-refractivity contribution in [2.45, 2.75) is 51.7 Å². The number of hydrogen-bond donors (Lipinski definition) is 2. The normalized spacial score (nSPS) is 19.1. The lowest BCUT2D eigenvalue weighted by atomic mass is 9.90. The summed E-state index contributed by atoms with van der Waals surface area (Å²) in [6.07, 6.45) is 3.13. The summed E-state index contributed by atoms with van der Waals surface area (Å²) in [6, 6.07) is 5.65. The van der Waals surface area contributed by atoms with Crippen molar-refractivity contribution >= 4 is 18.0 Å². The highest BCUT2D eigenvalue weighted by molar-refractivity contribution is 6.00. The van der Waals surface area contributed by atoms with Crippen LogP contribution in [0.3, 0.4) is 0 Å². The molecule has 30 heavy (non-hydrogen) atoms. The molecule has 0 unspecified atom stereocenters. The molecule has 0 aliphatic carbocycles. The average Bonchev–Trinajstić information content (AvgIpc) is 2.70. The molecular formula is C23H24FNO5. The molecule has 1 aliphatic rings. The third-order valence-corrected chi connectivity index (χ3v) is 5.07. The van der Waals surface area contributed by atoms with E-state index in [2.05, 4.69) is 4.98 Å². The third-order valence-electron chi connectivity index (χ3n) is 5.07. The van der Waals surface area contributed by atoms with Crippen molar-refractivity contribution in [3.05, 3.63) is 58.7 Å². The Morgan fingerprint density at radius 3 is 2.47 bits per heavy atom. The van der Waals surface area contributed by atoms with Gasteiger partial charge in [0.15, 0.2) is 0 Å². The number of carbonyl (C=O) groups is 2. The Morgan fingerprint density at radius 1 is 1.23 bits per heavy atom. The Bertz CT molecular complexity index is 984. The lowest BCUT2D eigenvalue weighted by molar-refractivity contribution is -0.156. The molecule has 1 aromatic heterocycles. The highest BCUT2D eigenvalue weighted by Gasteiger charge is 2.27. The van der Waals surface area contributed by atoms with Crippen molar-refractivity contribution in [1.82, 2.24) is 4.98 Å². The quantitative estimate of drug-likeness (QED) is 0.700. The van der Waals surface area contributed by atoms with Gasteiger partial charge in [0.05, 0.1) is 23.8 Å². The minimum atomic E-state index is -1.12. The zero-order chi connectivity index (χ0) is 21.8. The second kappa shape index (κ2) is 9.17. The minimum absolute atomic E-state index is 0.0404. The highest BCUT2D eigenvalue weighted by Crippen LogP contribution is 2.34. The van der Waals surface area contributed by atoms with Crippen LogP contribution in [-0.4, -0.2) is 39.3 Å². The van der Waals surface area contributed by atoms with Gasteiger partial charge in [-0.05, 0) is 36.6 Å². The van der Waals surface area contributed by atoms with E-state index in [0.717, 1.165) is 0 Å². The highest BCUT2D eigenvalue weighted by atomic mass is 19.1. The number of carboxylic acids is 1. The number of carbonyl (C=O) groups excluding carboxylic acids is 1. The van der Waals surface area contributed by atoms with E-state index in [4.69, 9.17) is 4.74 Å². The van der Waals surface area contributed by atoms with E-state index in [1.54, 1.807) is 12.2 Å². The zero-order valence-corrected chi connectivity index (χ0v) is 16.9. The van der Waals surface area contributed by atoms with Crippen molar-refractivity contribution in [2.75, 3.05) is 0 Å². The van der Waals surface area contributed by atoms with Crippen molar-refractivity contribution in [2.24, 2.45) is 0 Å². The lowest BCUT2D eigenvalue weighted by Crippen LogP contribution is -2.31. The smallest absolute Gasteiger partial charge is 0.338 e. The van der Waals surface area contributed by atoms with Gasteiger partial charge in [-0.2, -0.15) is 0 Å². The zero-order valence-electron chi connectivity index (χ0n) is 16.9. The standard InChI is InChI=1S/C23H24FNO5/c1-3-18-17(10-9-16-11-15(26)12-20(27)30-16)21(13-5-7-14(24)8-6-13)22(23(28)29)19(4-2)25-18/h5-10,15-16,26H,3-4,11-12H2,1-2H3,(H,28,29)/b10-9+/t15-,16-/m0/s1. The average molecular weight is 413 g/mol. The number of nitrogens with zero attached hydrogens (tertiary/aromatic N) is 1. The number of aliphatic hydroxyl groups is 1. The number of aromatic carboxylic acids is 1. The fraction of sp³-hybridized carbons (Fsp3) is 0.348. The van der Waals surface area contributed by atoms with Crippen LogP contribution in [0.1, 0.15) is 54.0 Å². The van der Waals surface area contributed by atoms with Gasteiger partial charge in [-0.3, -0.25) is 9.78 Å². The van der Waals surface area contributed by atoms with Gasteiger partial charge in [0.2, 0.25) is 0 Å². The van der Waals surface area contributed by atoms with Crippen LogP contribution in [0.5, 0.6) is 0 Å². The number of ether oxygens (including phenoxy) is 1. The lowest BCUT2D eigenvalue weighted by Gasteiger charge is -2.24. The predicted molar refractivity (Wildman–Crippen MR) is 110 cm³/mol. The first-order valence-electron chi connectivity index (χ1n) is 9.94. The molecule has 0 bridgehead atoms. The second-order valence-corrected chi connectivity index (χ2v) is 7.17. The van der Waals surface area contributed by atoms with E-state index < -0.39 is 30.0 Å². The van der Waals surface area contributed by atoms with Gasteiger partial charge in [-0.25, -0.2) is 9.18 Å². The van der Waals surface area contributed by atoms with Gasteiger partial charge in [0, 0.05) is 23.2 Å². The minimum Gasteiger partial charge on any atom is -0.478 e. The number of hydrogen-bond acceptors (Lipinski definition) is 5. The molecule has 2 N–H and O–H groups in total. The number of carboxylic acid groups (broad SMARTS) is 1. The Hall–Kier alpha value is -3.06. The molecule has 6 nitrogen and oxygen atoms in total. The molecule has 7 heteroatoms. The SMILES string of the molecule is CCc1nc(CC)c(C(=O)O)c(-c2ccc(F)cc2)c1/C=C/[C@H]1C[C@H](O)CC(=O)O1. The van der Waals surface area contributed by atoms with Crippen LogP contribution >= 0.6 is 0 Å². The van der Waals surface area contributed by atoms with Crippen molar-refractivity contribution in [1.29, 1.82) is 0 Å². The van der Waals surface area contributed by atoms with Crippen LogP contribution in [-0.2, 0) is 22.4 Å². The fourth-order valence-electron chi connectivity index (χ4n) is 3.68. The number of aliphatic hydroxyl groups excluding tert-OH is 1. The number of esters is 1. The number of halogens is 1. The molecule has 0 saturated carbocycles. The first kappa shape index (κ1) is 21.6. The van der Waals surface area contributed by atoms with Gasteiger partial charge >= 0.3 is 11.9 Å². The molecule has 0 spiro atoms. The first-order valence-corrected chi connectivity index (χ1v) is 9.94. The van der Waals surface area contributed by atoms with Crippen molar-refractivity contribution in [3.63, 3.8) is 0 Å². The summed E-state index contributed by atoms with van der Waals surface area (Å²) in [5.74, 6) is -2.02. The summed E-state index contributed by atoms with van der Waals surface area (Å²) in [5.41, 5.74) is 2.80. The number of aromatic nitrogens is 1. The maximum atomic E-state index is 13.5. The Morgan fingerprint density at radius 2 is 1.90 bits per heavy atom. The molecule has 1 aliphatic heterocycles. The molecule has 2 aromatic rings. The van der Waals surface area contributed by atoms with Gasteiger partial charge in [0.1, 0.15) is 11.9 Å². The Balaban J connectivity index is 2.20. The molecular weight excluding hydrogens is 389 g/mol. The molecule has 2 heterocycles. The summed E-state index contributed by atoms with van der Waals surface area (Å²) >= 11 is 0. The number of cyclic esters (lactones) is 1. The van der Waals surface area contributed by atoms with Crippen LogP contribution in [0.4, 0.5) is 4.39 Å². The van der Waals surface area contributed by atoms with E-state index in [0.29, 0.717) is 40.9 Å². The number of aryl methyl sites for hydroxylation is 2. The molecule has 0 radical (unpaired) electrons. The van der Waals surface area contributed by atoms with Crippen LogP contribution in [0.15, 0.2) is 30.3 Å². The van der Waals surface area contributed by atoms with E-state index in [-0.39, 0.29) is 18.4 Å². The fourth-order valence-corrected chi connectivity index (χ4v) is 3.68. The van der Waals surface area contributed by atoms with Crippen LogP contribution in [0.2, 0.25) is 0 Å². The summed E-state index contributed by atoms with van der Waals surface area (Å²) in [5, 5.41) is 19.8. The number of rotatable bonds is 6. The molecule has 158 valence electrons. The largest absolute Gasteiger partial charge is 0.478 e. The molecule has 3 rings (SSSR count). The van der Waals surface area contributed by atoms with Crippen LogP contribution in [0, 0.1) is 5.82 Å². The van der Waals surface area contributed by atoms with Crippen molar-refractivity contribution < 1.29 is 28.9 Å². The van der Waals surface area contributed by atoms with Gasteiger partial charge < -0.3 is 14.9 Å². The Labute approximate surface area is 174 Å². The van der Waals surface area contributed by atoms with E-state index in [9.17, 15) is 24.2 Å². The molecule has 1 aromatic carbocycles. The molecule has 1 saturated heterocycles. The molecule has 1 fully saturated rings. The van der Waals surface area contributed by atoms with E-state index in [1.807, 2.05) is 13.8 Å². The summed E-state index contributed by atoms with van der Waals surface area (Å²) in [4.78, 5) is 28.3. The van der Waals surface area contributed by atoms with Gasteiger partial charge in [-0.1, -0.05) is 32.1 Å². The first-order chi connectivity index (χ1) is 14.3. The monoisotopic (exact) mass is 413 g/mol. The number of benzene rings is 1. The summed E-state index contributed by atoms with van der Waals surface area (Å²) in [7, 11) is 0. The number of pyridine rings is 1. The van der Waals surface area contributed by atoms with E-state index in [1.165, 1.54) is 24.3 Å². The summed E-state index contributed by atoms with van der Waals surface area (Å²) < 4.78 is 18.8. The maximum Gasteiger partial charge on any atom is 0.338 e. The Kier molecular flexibility index (Phi) is 6.62. The molecule has 2 atom stereocenters. The molecule has 0 amide bonds. The van der Waals surface area contributed by atoms with Gasteiger partial charge in [0.25, 0.3) is 0 Å². The van der Waals surface area contributed by atoms with E-state index >= 15 is 0 Å². The van der Waals surface area contributed by atoms with Crippen LogP contribution in [0.25, 0.3) is 17.2 Å². The van der Waals surface area contributed by atoms with Crippen LogP contribution < -0.4 is 0 Å². The predicted octanol–water partition coefficient (Wildman–Crippen LogP) is 3.79. The van der Waals surface area contributed by atoms with Gasteiger partial charge in [-0.15, -0.1) is 0 Å². The maximum absolute atomic E-state index is 13.5. The second-order valence-electron chi connectivity index (χ2n) is 7.17. The topological polar surface area (TPSA) is 96.7 Å². The van der Waals surface area contributed by atoms with Crippen molar-refractivity contribution in [3.8, 4) is 11.1 Å².